The molecular formula is C17H30O4Si. The lowest BCUT2D eigenvalue weighted by Gasteiger charge is -2.44. The molecule has 22 heavy (non-hydrogen) atoms. The fraction of sp³-hybridized carbons (Fsp3) is 0.706. The monoisotopic (exact) mass is 326 g/mol. The minimum atomic E-state index is -1.93. The number of hydrogen-bond acceptors (Lipinski definition) is 4. The summed E-state index contributed by atoms with van der Waals surface area (Å²) in [6, 6.07) is 0. The number of rotatable bonds is 5. The molecule has 1 unspecified atom stereocenters. The van der Waals surface area contributed by atoms with Crippen molar-refractivity contribution in [1.29, 1.82) is 0 Å². The molecule has 0 aromatic heterocycles. The van der Waals surface area contributed by atoms with Crippen molar-refractivity contribution in [3.05, 3.63) is 24.8 Å². The van der Waals surface area contributed by atoms with E-state index in [1.165, 1.54) is 7.11 Å². The molecule has 0 aromatic carbocycles. The number of carbonyl (C=O) groups is 1. The van der Waals surface area contributed by atoms with Crippen molar-refractivity contribution in [3.8, 4) is 0 Å². The van der Waals surface area contributed by atoms with Crippen LogP contribution in [-0.4, -0.2) is 39.7 Å². The second kappa shape index (κ2) is 7.11. The second-order valence-corrected chi connectivity index (χ2v) is 12.2. The van der Waals surface area contributed by atoms with E-state index in [2.05, 4.69) is 47.0 Å². The predicted molar refractivity (Wildman–Crippen MR) is 91.3 cm³/mol. The predicted octanol–water partition coefficient (Wildman–Crippen LogP) is 3.84. The Hall–Kier alpha value is -0.913. The molecule has 1 fully saturated rings. The molecule has 1 aliphatic heterocycles. The average molecular weight is 327 g/mol. The van der Waals surface area contributed by atoms with E-state index in [0.29, 0.717) is 6.42 Å². The van der Waals surface area contributed by atoms with Crippen LogP contribution in [-0.2, 0) is 18.7 Å². The molecule has 3 atom stereocenters. The average Bonchev–Trinajstić information content (AvgIpc) is 2.39. The maximum Gasteiger partial charge on any atom is 0.308 e. The van der Waals surface area contributed by atoms with Crippen LogP contribution in [0.3, 0.4) is 0 Å². The highest BCUT2D eigenvalue weighted by molar-refractivity contribution is 6.74. The van der Waals surface area contributed by atoms with E-state index >= 15 is 0 Å². The second-order valence-electron chi connectivity index (χ2n) is 7.40. The third-order valence-corrected chi connectivity index (χ3v) is 9.08. The standard InChI is InChI=1S/C17H30O4Si/c1-9-14-16(21-22(7,8)17(3,4)5)12(2)10-13(20-14)11-15(18)19-6/h9,13-14,16H,1-2,10-11H2,3-8H3/t13-,14+,16?/m0/s1. The van der Waals surface area contributed by atoms with E-state index in [4.69, 9.17) is 13.9 Å². The van der Waals surface area contributed by atoms with Crippen molar-refractivity contribution in [1.82, 2.24) is 0 Å². The highest BCUT2D eigenvalue weighted by atomic mass is 28.4. The van der Waals surface area contributed by atoms with Crippen LogP contribution in [0, 0.1) is 0 Å². The van der Waals surface area contributed by atoms with Crippen molar-refractivity contribution in [2.24, 2.45) is 0 Å². The van der Waals surface area contributed by atoms with Gasteiger partial charge in [-0.1, -0.05) is 33.4 Å². The van der Waals surface area contributed by atoms with Crippen LogP contribution in [0.2, 0.25) is 18.1 Å². The number of esters is 1. The summed E-state index contributed by atoms with van der Waals surface area (Å²) in [5, 5.41) is 0.113. The highest BCUT2D eigenvalue weighted by Gasteiger charge is 2.43. The Kier molecular flexibility index (Phi) is 6.18. The molecule has 0 saturated carbocycles. The molecule has 0 N–H and O–H groups in total. The van der Waals surface area contributed by atoms with Gasteiger partial charge in [0, 0.05) is 0 Å². The van der Waals surface area contributed by atoms with E-state index < -0.39 is 8.32 Å². The van der Waals surface area contributed by atoms with Crippen LogP contribution in [0.5, 0.6) is 0 Å². The first-order chi connectivity index (χ1) is 10.0. The summed E-state index contributed by atoms with van der Waals surface area (Å²) in [7, 11) is -0.550. The Balaban J connectivity index is 2.84. The van der Waals surface area contributed by atoms with E-state index in [9.17, 15) is 4.79 Å². The lowest BCUT2D eigenvalue weighted by molar-refractivity contribution is -0.146. The zero-order valence-corrected chi connectivity index (χ0v) is 15.8. The van der Waals surface area contributed by atoms with Gasteiger partial charge in [0.15, 0.2) is 8.32 Å². The lowest BCUT2D eigenvalue weighted by atomic mass is 9.95. The molecule has 0 bridgehead atoms. The van der Waals surface area contributed by atoms with Crippen LogP contribution in [0.4, 0.5) is 0 Å². The van der Waals surface area contributed by atoms with Gasteiger partial charge in [0.25, 0.3) is 0 Å². The van der Waals surface area contributed by atoms with E-state index in [1.807, 2.05) is 0 Å². The van der Waals surface area contributed by atoms with Crippen molar-refractivity contribution in [2.45, 2.75) is 70.1 Å². The van der Waals surface area contributed by atoms with Gasteiger partial charge in [-0.05, 0) is 30.1 Å². The van der Waals surface area contributed by atoms with Gasteiger partial charge in [-0.3, -0.25) is 4.79 Å². The van der Waals surface area contributed by atoms with Gasteiger partial charge in [0.2, 0.25) is 0 Å². The zero-order chi connectivity index (χ0) is 17.1. The number of hydrogen-bond donors (Lipinski definition) is 0. The number of carbonyl (C=O) groups excluding carboxylic acids is 1. The third-order valence-electron chi connectivity index (χ3n) is 4.62. The van der Waals surface area contributed by atoms with Gasteiger partial charge in [0.1, 0.15) is 6.10 Å². The van der Waals surface area contributed by atoms with E-state index in [-0.39, 0.29) is 35.7 Å². The largest absolute Gasteiger partial charge is 0.469 e. The summed E-state index contributed by atoms with van der Waals surface area (Å²) in [6.45, 7) is 19.0. The quantitative estimate of drug-likeness (QED) is 0.437. The van der Waals surface area contributed by atoms with Crippen molar-refractivity contribution in [3.63, 3.8) is 0 Å². The Morgan fingerprint density at radius 3 is 2.50 bits per heavy atom. The van der Waals surface area contributed by atoms with Gasteiger partial charge < -0.3 is 13.9 Å². The Bertz CT molecular complexity index is 436. The van der Waals surface area contributed by atoms with Gasteiger partial charge in [-0.15, -0.1) is 6.58 Å². The molecule has 1 aliphatic rings. The van der Waals surface area contributed by atoms with E-state index in [0.717, 1.165) is 5.57 Å². The Labute approximate surface area is 135 Å². The smallest absolute Gasteiger partial charge is 0.308 e. The maximum absolute atomic E-state index is 11.4. The normalized spacial score (nSPS) is 26.6. The molecule has 126 valence electrons. The topological polar surface area (TPSA) is 44.8 Å². The van der Waals surface area contributed by atoms with Gasteiger partial charge in [-0.2, -0.15) is 0 Å². The molecular weight excluding hydrogens is 296 g/mol. The van der Waals surface area contributed by atoms with Crippen molar-refractivity contribution >= 4 is 14.3 Å². The summed E-state index contributed by atoms with van der Waals surface area (Å²) in [5.41, 5.74) is 0.967. The molecule has 0 radical (unpaired) electrons. The summed E-state index contributed by atoms with van der Waals surface area (Å²) in [4.78, 5) is 11.4. The molecule has 0 amide bonds. The minimum Gasteiger partial charge on any atom is -0.469 e. The fourth-order valence-electron chi connectivity index (χ4n) is 2.20. The first-order valence-electron chi connectivity index (χ1n) is 7.72. The molecule has 0 spiro atoms. The number of methoxy groups -OCH3 is 1. The first kappa shape index (κ1) is 19.1. The maximum atomic E-state index is 11.4. The van der Waals surface area contributed by atoms with E-state index in [1.54, 1.807) is 6.08 Å². The summed E-state index contributed by atoms with van der Waals surface area (Å²) < 4.78 is 17.1. The molecule has 1 rings (SSSR count). The highest BCUT2D eigenvalue weighted by Crippen LogP contribution is 2.40. The molecule has 4 nitrogen and oxygen atoms in total. The van der Waals surface area contributed by atoms with Crippen LogP contribution >= 0.6 is 0 Å². The molecule has 1 saturated heterocycles. The van der Waals surface area contributed by atoms with Gasteiger partial charge in [-0.25, -0.2) is 0 Å². The summed E-state index contributed by atoms with van der Waals surface area (Å²) in [6.07, 6.45) is 1.90. The molecule has 1 heterocycles. The Morgan fingerprint density at radius 1 is 1.45 bits per heavy atom. The van der Waals surface area contributed by atoms with Crippen LogP contribution < -0.4 is 0 Å². The molecule has 5 heteroatoms. The van der Waals surface area contributed by atoms with Crippen molar-refractivity contribution in [2.75, 3.05) is 7.11 Å². The lowest BCUT2D eigenvalue weighted by Crippen LogP contribution is -2.50. The third kappa shape index (κ3) is 4.54. The first-order valence-corrected chi connectivity index (χ1v) is 10.6. The summed E-state index contributed by atoms with van der Waals surface area (Å²) in [5.74, 6) is -0.274. The van der Waals surface area contributed by atoms with Crippen LogP contribution in [0.15, 0.2) is 24.8 Å². The van der Waals surface area contributed by atoms with Crippen LogP contribution in [0.25, 0.3) is 0 Å². The van der Waals surface area contributed by atoms with Crippen molar-refractivity contribution < 1.29 is 18.7 Å². The van der Waals surface area contributed by atoms with Crippen LogP contribution in [0.1, 0.15) is 33.6 Å². The van der Waals surface area contributed by atoms with Gasteiger partial charge in [0.05, 0.1) is 25.7 Å². The fourth-order valence-corrected chi connectivity index (χ4v) is 3.49. The zero-order valence-electron chi connectivity index (χ0n) is 14.8. The molecule has 0 aromatic rings. The molecule has 0 aliphatic carbocycles. The summed E-state index contributed by atoms with van der Waals surface area (Å²) >= 11 is 0. The SMILES string of the molecule is C=C[C@H]1O[C@H](CC(=O)OC)CC(=C)C1O[Si](C)(C)C(C)(C)C. The van der Waals surface area contributed by atoms with Gasteiger partial charge >= 0.3 is 5.97 Å². The Morgan fingerprint density at radius 2 is 2.05 bits per heavy atom. The number of ether oxygens (including phenoxy) is 2. The minimum absolute atomic E-state index is 0.113.